The Morgan fingerprint density at radius 2 is 2.33 bits per heavy atom. The molecule has 0 radical (unpaired) electrons. The van der Waals surface area contributed by atoms with E-state index < -0.39 is 6.10 Å². The molecule has 0 bridgehead atoms. The van der Waals surface area contributed by atoms with E-state index in [4.69, 9.17) is 10.5 Å². The predicted octanol–water partition coefficient (Wildman–Crippen LogP) is 1.90. The zero-order valence-corrected chi connectivity index (χ0v) is 9.25. The van der Waals surface area contributed by atoms with Gasteiger partial charge < -0.3 is 15.6 Å². The van der Waals surface area contributed by atoms with Crippen LogP contribution in [0.15, 0.2) is 23.6 Å². The third kappa shape index (κ3) is 1.84. The van der Waals surface area contributed by atoms with Crippen molar-refractivity contribution in [3.63, 3.8) is 0 Å². The third-order valence-electron chi connectivity index (χ3n) is 2.39. The molecule has 0 aliphatic rings. The Morgan fingerprint density at radius 3 is 3.00 bits per heavy atom. The zero-order chi connectivity index (χ0) is 10.8. The first kappa shape index (κ1) is 10.4. The third-order valence-corrected chi connectivity index (χ3v) is 3.27. The van der Waals surface area contributed by atoms with Crippen LogP contribution in [0.1, 0.15) is 11.7 Å². The van der Waals surface area contributed by atoms with Crippen molar-refractivity contribution in [2.45, 2.75) is 6.10 Å². The van der Waals surface area contributed by atoms with Crippen LogP contribution in [-0.2, 0) is 0 Å². The second kappa shape index (κ2) is 4.18. The highest BCUT2D eigenvalue weighted by Crippen LogP contribution is 2.32. The number of nitrogens with two attached hydrogens (primary N) is 1. The van der Waals surface area contributed by atoms with Gasteiger partial charge in [0.15, 0.2) is 0 Å². The average Bonchev–Trinajstić information content (AvgIpc) is 2.73. The smallest absolute Gasteiger partial charge is 0.126 e. The molecule has 15 heavy (non-hydrogen) atoms. The fraction of sp³-hybridized carbons (Fsp3) is 0.273. The van der Waals surface area contributed by atoms with Crippen LogP contribution in [0, 0.1) is 0 Å². The van der Waals surface area contributed by atoms with E-state index in [1.54, 1.807) is 18.4 Å². The number of aliphatic hydroxyl groups is 1. The van der Waals surface area contributed by atoms with Gasteiger partial charge in [0.2, 0.25) is 0 Å². The summed E-state index contributed by atoms with van der Waals surface area (Å²) >= 11 is 1.65. The molecule has 2 rings (SSSR count). The summed E-state index contributed by atoms with van der Waals surface area (Å²) in [6.45, 7) is 0.200. The van der Waals surface area contributed by atoms with Gasteiger partial charge in [0.1, 0.15) is 5.75 Å². The maximum atomic E-state index is 9.74. The topological polar surface area (TPSA) is 55.5 Å². The van der Waals surface area contributed by atoms with Crippen LogP contribution >= 0.6 is 11.3 Å². The van der Waals surface area contributed by atoms with Crippen molar-refractivity contribution in [3.8, 4) is 5.75 Å². The van der Waals surface area contributed by atoms with E-state index in [9.17, 15) is 5.11 Å². The van der Waals surface area contributed by atoms with Crippen LogP contribution in [0.5, 0.6) is 5.75 Å². The van der Waals surface area contributed by atoms with Crippen molar-refractivity contribution < 1.29 is 9.84 Å². The van der Waals surface area contributed by atoms with Crippen LogP contribution in [0.2, 0.25) is 0 Å². The van der Waals surface area contributed by atoms with E-state index in [0.29, 0.717) is 5.75 Å². The Bertz CT molecular complexity index is 467. The Morgan fingerprint density at radius 1 is 1.53 bits per heavy atom. The summed E-state index contributed by atoms with van der Waals surface area (Å²) in [5.74, 6) is 0.697. The highest BCUT2D eigenvalue weighted by Gasteiger charge is 2.13. The van der Waals surface area contributed by atoms with Gasteiger partial charge in [-0.15, -0.1) is 11.3 Å². The van der Waals surface area contributed by atoms with Gasteiger partial charge in [-0.05, 0) is 29.0 Å². The molecule has 1 atom stereocenters. The van der Waals surface area contributed by atoms with Crippen molar-refractivity contribution in [1.29, 1.82) is 0 Å². The van der Waals surface area contributed by atoms with Crippen molar-refractivity contribution in [1.82, 2.24) is 0 Å². The Labute approximate surface area is 92.1 Å². The van der Waals surface area contributed by atoms with E-state index in [-0.39, 0.29) is 6.54 Å². The van der Waals surface area contributed by atoms with Crippen molar-refractivity contribution in [2.24, 2.45) is 5.73 Å². The quantitative estimate of drug-likeness (QED) is 0.835. The molecule has 80 valence electrons. The summed E-state index contributed by atoms with van der Waals surface area (Å²) in [4.78, 5) is 0. The Hall–Kier alpha value is -1.10. The molecule has 1 unspecified atom stereocenters. The standard InChI is InChI=1S/C11H13NO2S/c1-14-10-5-11-7(2-3-15-11)4-8(10)9(13)6-12/h2-5,9,13H,6,12H2,1H3. The number of methoxy groups -OCH3 is 1. The number of ether oxygens (including phenoxy) is 1. The van der Waals surface area contributed by atoms with Crippen molar-refractivity contribution in [3.05, 3.63) is 29.1 Å². The fourth-order valence-corrected chi connectivity index (χ4v) is 2.37. The molecule has 3 N–H and O–H groups in total. The first-order valence-electron chi connectivity index (χ1n) is 4.69. The summed E-state index contributed by atoms with van der Waals surface area (Å²) in [6.07, 6.45) is -0.663. The van der Waals surface area contributed by atoms with Gasteiger partial charge in [-0.2, -0.15) is 0 Å². The number of fused-ring (bicyclic) bond motifs is 1. The van der Waals surface area contributed by atoms with Crippen LogP contribution < -0.4 is 10.5 Å². The van der Waals surface area contributed by atoms with E-state index in [1.165, 1.54) is 0 Å². The second-order valence-corrected chi connectivity index (χ2v) is 4.25. The molecular weight excluding hydrogens is 210 g/mol. The van der Waals surface area contributed by atoms with Gasteiger partial charge in [0, 0.05) is 16.8 Å². The highest BCUT2D eigenvalue weighted by molar-refractivity contribution is 7.17. The summed E-state index contributed by atoms with van der Waals surface area (Å²) in [5, 5.41) is 12.9. The molecule has 1 heterocycles. The minimum Gasteiger partial charge on any atom is -0.496 e. The molecule has 2 aromatic rings. The van der Waals surface area contributed by atoms with E-state index in [0.717, 1.165) is 15.6 Å². The van der Waals surface area contributed by atoms with Gasteiger partial charge in [-0.3, -0.25) is 0 Å². The van der Waals surface area contributed by atoms with Crippen LogP contribution in [0.25, 0.3) is 10.1 Å². The monoisotopic (exact) mass is 223 g/mol. The normalized spacial score (nSPS) is 13.0. The molecule has 0 spiro atoms. The molecule has 1 aromatic heterocycles. The molecule has 0 saturated carbocycles. The van der Waals surface area contributed by atoms with E-state index in [2.05, 4.69) is 0 Å². The minimum atomic E-state index is -0.663. The second-order valence-electron chi connectivity index (χ2n) is 3.30. The molecular formula is C11H13NO2S. The van der Waals surface area contributed by atoms with Gasteiger partial charge in [0.05, 0.1) is 13.2 Å². The zero-order valence-electron chi connectivity index (χ0n) is 8.43. The molecule has 0 saturated heterocycles. The van der Waals surface area contributed by atoms with Gasteiger partial charge in [0.25, 0.3) is 0 Å². The van der Waals surface area contributed by atoms with Crippen molar-refractivity contribution in [2.75, 3.05) is 13.7 Å². The molecule has 0 aliphatic heterocycles. The Kier molecular flexibility index (Phi) is 2.90. The van der Waals surface area contributed by atoms with Crippen LogP contribution in [-0.4, -0.2) is 18.8 Å². The molecule has 0 aliphatic carbocycles. The number of hydrogen-bond acceptors (Lipinski definition) is 4. The largest absolute Gasteiger partial charge is 0.496 e. The lowest BCUT2D eigenvalue weighted by Crippen LogP contribution is -2.12. The summed E-state index contributed by atoms with van der Waals surface area (Å²) in [7, 11) is 1.60. The van der Waals surface area contributed by atoms with Crippen LogP contribution in [0.4, 0.5) is 0 Å². The van der Waals surface area contributed by atoms with E-state index in [1.807, 2.05) is 23.6 Å². The number of aliphatic hydroxyl groups excluding tert-OH is 1. The van der Waals surface area contributed by atoms with E-state index >= 15 is 0 Å². The summed E-state index contributed by atoms with van der Waals surface area (Å²) < 4.78 is 6.39. The lowest BCUT2D eigenvalue weighted by molar-refractivity contribution is 0.182. The highest BCUT2D eigenvalue weighted by atomic mass is 32.1. The number of benzene rings is 1. The summed E-state index contributed by atoms with van der Waals surface area (Å²) in [5.41, 5.74) is 6.20. The molecule has 3 nitrogen and oxygen atoms in total. The molecule has 1 aromatic carbocycles. The number of hydrogen-bond donors (Lipinski definition) is 2. The van der Waals surface area contributed by atoms with Crippen molar-refractivity contribution >= 4 is 21.4 Å². The first-order valence-corrected chi connectivity index (χ1v) is 5.57. The summed E-state index contributed by atoms with van der Waals surface area (Å²) in [6, 6.07) is 5.89. The maximum Gasteiger partial charge on any atom is 0.126 e. The SMILES string of the molecule is COc1cc2sccc2cc1C(O)CN. The fourth-order valence-electron chi connectivity index (χ4n) is 1.57. The first-order chi connectivity index (χ1) is 7.26. The lowest BCUT2D eigenvalue weighted by Gasteiger charge is -2.13. The number of thiophene rings is 1. The van der Waals surface area contributed by atoms with Gasteiger partial charge >= 0.3 is 0 Å². The lowest BCUT2D eigenvalue weighted by atomic mass is 10.1. The Balaban J connectivity index is 2.59. The number of rotatable bonds is 3. The molecule has 4 heteroatoms. The van der Waals surface area contributed by atoms with Gasteiger partial charge in [-0.1, -0.05) is 0 Å². The molecule has 0 amide bonds. The predicted molar refractivity (Wildman–Crippen MR) is 62.4 cm³/mol. The maximum absolute atomic E-state index is 9.74. The minimum absolute atomic E-state index is 0.200. The van der Waals surface area contributed by atoms with Gasteiger partial charge in [-0.25, -0.2) is 0 Å². The average molecular weight is 223 g/mol. The van der Waals surface area contributed by atoms with Crippen LogP contribution in [0.3, 0.4) is 0 Å². The molecule has 0 fully saturated rings.